The highest BCUT2D eigenvalue weighted by atomic mass is 16.5. The summed E-state index contributed by atoms with van der Waals surface area (Å²) in [7, 11) is 8.68. The van der Waals surface area contributed by atoms with Gasteiger partial charge in [0.2, 0.25) is 5.75 Å². The Morgan fingerprint density at radius 2 is 1.59 bits per heavy atom. The van der Waals surface area contributed by atoms with E-state index < -0.39 is 0 Å². The van der Waals surface area contributed by atoms with E-state index >= 15 is 0 Å². The van der Waals surface area contributed by atoms with Gasteiger partial charge in [-0.15, -0.1) is 0 Å². The fourth-order valence-corrected chi connectivity index (χ4v) is 2.71. The standard InChI is InChI=1S/C22H27NO4/c1-23(2)15-14-17-8-6-16(7-9-17)10-12-19(24)18-11-13-20(25-3)22(27-5)21(18)26-4/h6-13H,14-15H2,1-5H3. The van der Waals surface area contributed by atoms with Crippen LogP contribution in [0, 0.1) is 0 Å². The predicted molar refractivity (Wildman–Crippen MR) is 108 cm³/mol. The van der Waals surface area contributed by atoms with Crippen LogP contribution < -0.4 is 14.2 Å². The number of likely N-dealkylation sites (N-methyl/N-ethyl adjacent to an activating group) is 1. The number of benzene rings is 2. The maximum absolute atomic E-state index is 12.6. The smallest absolute Gasteiger partial charge is 0.204 e. The summed E-state index contributed by atoms with van der Waals surface area (Å²) in [6, 6.07) is 11.6. The minimum atomic E-state index is -0.163. The van der Waals surface area contributed by atoms with Gasteiger partial charge < -0.3 is 19.1 Å². The Labute approximate surface area is 161 Å². The molecule has 27 heavy (non-hydrogen) atoms. The minimum Gasteiger partial charge on any atom is -0.493 e. The molecule has 0 spiro atoms. The van der Waals surface area contributed by atoms with E-state index in [2.05, 4.69) is 31.1 Å². The zero-order valence-corrected chi connectivity index (χ0v) is 16.6. The van der Waals surface area contributed by atoms with E-state index in [1.165, 1.54) is 19.8 Å². The van der Waals surface area contributed by atoms with Crippen LogP contribution in [0.15, 0.2) is 42.5 Å². The Morgan fingerprint density at radius 1 is 0.926 bits per heavy atom. The van der Waals surface area contributed by atoms with Gasteiger partial charge in [-0.3, -0.25) is 4.79 Å². The molecule has 0 saturated heterocycles. The Kier molecular flexibility index (Phi) is 7.44. The second kappa shape index (κ2) is 9.78. The Balaban J connectivity index is 2.17. The lowest BCUT2D eigenvalue weighted by Gasteiger charge is -2.14. The van der Waals surface area contributed by atoms with Gasteiger partial charge in [0, 0.05) is 6.54 Å². The molecule has 0 atom stereocenters. The van der Waals surface area contributed by atoms with Gasteiger partial charge in [0.15, 0.2) is 17.3 Å². The van der Waals surface area contributed by atoms with Crippen LogP contribution in [-0.2, 0) is 6.42 Å². The van der Waals surface area contributed by atoms with Crippen molar-refractivity contribution in [3.8, 4) is 17.2 Å². The maximum atomic E-state index is 12.6. The molecule has 0 aliphatic heterocycles. The average molecular weight is 369 g/mol. The molecular formula is C22H27NO4. The number of methoxy groups -OCH3 is 3. The fourth-order valence-electron chi connectivity index (χ4n) is 2.71. The molecule has 0 unspecified atom stereocenters. The lowest BCUT2D eigenvalue weighted by atomic mass is 10.1. The molecule has 5 nitrogen and oxygen atoms in total. The van der Waals surface area contributed by atoms with E-state index in [1.54, 1.807) is 31.4 Å². The topological polar surface area (TPSA) is 48.0 Å². The molecule has 0 saturated carbocycles. The summed E-state index contributed by atoms with van der Waals surface area (Å²) in [6.07, 6.45) is 4.34. The third-order valence-corrected chi connectivity index (χ3v) is 4.22. The van der Waals surface area contributed by atoms with Crippen LogP contribution in [0.1, 0.15) is 21.5 Å². The van der Waals surface area contributed by atoms with Crippen molar-refractivity contribution in [2.45, 2.75) is 6.42 Å². The molecule has 0 radical (unpaired) electrons. The molecule has 0 N–H and O–H groups in total. The molecule has 2 aromatic carbocycles. The number of allylic oxidation sites excluding steroid dienone is 1. The van der Waals surface area contributed by atoms with Gasteiger partial charge in [0.25, 0.3) is 0 Å². The van der Waals surface area contributed by atoms with Gasteiger partial charge in [-0.1, -0.05) is 30.3 Å². The molecule has 2 rings (SSSR count). The zero-order valence-electron chi connectivity index (χ0n) is 16.6. The molecule has 2 aromatic rings. The fraction of sp³-hybridized carbons (Fsp3) is 0.318. The van der Waals surface area contributed by atoms with E-state index in [-0.39, 0.29) is 5.78 Å². The second-order valence-corrected chi connectivity index (χ2v) is 6.37. The summed E-state index contributed by atoms with van der Waals surface area (Å²) in [5, 5.41) is 0. The second-order valence-electron chi connectivity index (χ2n) is 6.37. The molecule has 5 heteroatoms. The van der Waals surface area contributed by atoms with E-state index in [0.717, 1.165) is 18.5 Å². The van der Waals surface area contributed by atoms with Crippen molar-refractivity contribution in [3.05, 3.63) is 59.2 Å². The number of hydrogen-bond acceptors (Lipinski definition) is 5. The van der Waals surface area contributed by atoms with Crippen molar-refractivity contribution in [3.63, 3.8) is 0 Å². The highest BCUT2D eigenvalue weighted by Gasteiger charge is 2.19. The summed E-state index contributed by atoms with van der Waals surface area (Å²) in [4.78, 5) is 14.8. The summed E-state index contributed by atoms with van der Waals surface area (Å²) >= 11 is 0. The van der Waals surface area contributed by atoms with Gasteiger partial charge >= 0.3 is 0 Å². The molecule has 144 valence electrons. The maximum Gasteiger partial charge on any atom is 0.204 e. The van der Waals surface area contributed by atoms with E-state index in [4.69, 9.17) is 14.2 Å². The predicted octanol–water partition coefficient (Wildman–Crippen LogP) is 3.71. The van der Waals surface area contributed by atoms with Crippen molar-refractivity contribution >= 4 is 11.9 Å². The van der Waals surface area contributed by atoms with Gasteiger partial charge in [-0.05, 0) is 49.9 Å². The summed E-state index contributed by atoms with van der Waals surface area (Å²) in [5.74, 6) is 1.13. The lowest BCUT2D eigenvalue weighted by molar-refractivity contribution is 0.104. The summed E-state index contributed by atoms with van der Waals surface area (Å²) in [6.45, 7) is 1.01. The first-order valence-electron chi connectivity index (χ1n) is 8.75. The quantitative estimate of drug-likeness (QED) is 0.498. The SMILES string of the molecule is COc1ccc(C(=O)C=Cc2ccc(CCN(C)C)cc2)c(OC)c1OC. The number of ketones is 1. The molecule has 0 amide bonds. The molecule has 0 aliphatic rings. The van der Waals surface area contributed by atoms with Crippen LogP contribution in [-0.4, -0.2) is 52.7 Å². The Hall–Kier alpha value is -2.79. The monoisotopic (exact) mass is 369 g/mol. The first-order chi connectivity index (χ1) is 13.0. The third-order valence-electron chi connectivity index (χ3n) is 4.22. The van der Waals surface area contributed by atoms with Crippen molar-refractivity contribution in [2.24, 2.45) is 0 Å². The molecule has 0 aliphatic carbocycles. The van der Waals surface area contributed by atoms with Gasteiger partial charge in [-0.2, -0.15) is 0 Å². The number of rotatable bonds is 9. The Morgan fingerprint density at radius 3 is 2.15 bits per heavy atom. The number of hydrogen-bond donors (Lipinski definition) is 0. The van der Waals surface area contributed by atoms with Crippen LogP contribution in [0.25, 0.3) is 6.08 Å². The van der Waals surface area contributed by atoms with E-state index in [9.17, 15) is 4.79 Å². The van der Waals surface area contributed by atoms with Crippen molar-refractivity contribution in [1.82, 2.24) is 4.90 Å². The highest BCUT2D eigenvalue weighted by Crippen LogP contribution is 2.40. The summed E-state index contributed by atoms with van der Waals surface area (Å²) < 4.78 is 16.0. The number of nitrogens with zero attached hydrogens (tertiary/aromatic N) is 1. The van der Waals surface area contributed by atoms with Crippen molar-refractivity contribution in [1.29, 1.82) is 0 Å². The molecule has 0 heterocycles. The minimum absolute atomic E-state index is 0.163. The average Bonchev–Trinajstić information content (AvgIpc) is 2.69. The number of carbonyl (C=O) groups is 1. The van der Waals surface area contributed by atoms with Gasteiger partial charge in [0.1, 0.15) is 0 Å². The summed E-state index contributed by atoms with van der Waals surface area (Å²) in [5.41, 5.74) is 2.67. The zero-order chi connectivity index (χ0) is 19.8. The first-order valence-corrected chi connectivity index (χ1v) is 8.75. The van der Waals surface area contributed by atoms with Crippen molar-refractivity contribution in [2.75, 3.05) is 42.0 Å². The van der Waals surface area contributed by atoms with Crippen LogP contribution in [0.3, 0.4) is 0 Å². The molecule has 0 aromatic heterocycles. The Bertz CT molecular complexity index is 795. The van der Waals surface area contributed by atoms with Crippen molar-refractivity contribution < 1.29 is 19.0 Å². The molecule has 0 bridgehead atoms. The van der Waals surface area contributed by atoms with E-state index in [1.807, 2.05) is 12.1 Å². The first kappa shape index (κ1) is 20.5. The molecular weight excluding hydrogens is 342 g/mol. The van der Waals surface area contributed by atoms with Gasteiger partial charge in [0.05, 0.1) is 26.9 Å². The largest absolute Gasteiger partial charge is 0.493 e. The third kappa shape index (κ3) is 5.34. The normalized spacial score (nSPS) is 11.0. The van der Waals surface area contributed by atoms with Crippen LogP contribution in [0.4, 0.5) is 0 Å². The van der Waals surface area contributed by atoms with Crippen LogP contribution in [0.5, 0.6) is 17.2 Å². The van der Waals surface area contributed by atoms with Crippen LogP contribution >= 0.6 is 0 Å². The molecule has 0 fully saturated rings. The number of carbonyl (C=O) groups excluding carboxylic acids is 1. The number of ether oxygens (including phenoxy) is 3. The van der Waals surface area contributed by atoms with Crippen LogP contribution in [0.2, 0.25) is 0 Å². The lowest BCUT2D eigenvalue weighted by Crippen LogP contribution is -2.14. The highest BCUT2D eigenvalue weighted by molar-refractivity contribution is 6.09. The van der Waals surface area contributed by atoms with Gasteiger partial charge in [-0.25, -0.2) is 0 Å². The van der Waals surface area contributed by atoms with E-state index in [0.29, 0.717) is 22.8 Å².